The number of carbonyl (C=O) groups excluding carboxylic acids is 1. The van der Waals surface area contributed by atoms with Crippen LogP contribution < -0.4 is 10.4 Å². The lowest BCUT2D eigenvalue weighted by Crippen LogP contribution is -2.05. The largest absolute Gasteiger partial charge is 0.426 e. The number of benzene rings is 1. The molecule has 0 aliphatic carbocycles. The van der Waals surface area contributed by atoms with Crippen molar-refractivity contribution in [3.05, 3.63) is 52.9 Å². The van der Waals surface area contributed by atoms with E-state index in [1.54, 1.807) is 12.1 Å². The zero-order chi connectivity index (χ0) is 12.3. The summed E-state index contributed by atoms with van der Waals surface area (Å²) in [5.74, 6) is 0.0802. The molecule has 1 aromatic carbocycles. The predicted molar refractivity (Wildman–Crippen MR) is 61.7 cm³/mol. The molecule has 0 aliphatic heterocycles. The first-order chi connectivity index (χ1) is 8.15. The summed E-state index contributed by atoms with van der Waals surface area (Å²) in [7, 11) is 0. The molecule has 0 unspecified atom stereocenters. The summed E-state index contributed by atoms with van der Waals surface area (Å²) in [6.07, 6.45) is 0. The van der Waals surface area contributed by atoms with Gasteiger partial charge in [0.25, 0.3) is 0 Å². The van der Waals surface area contributed by atoms with Crippen molar-refractivity contribution in [3.63, 3.8) is 0 Å². The molecule has 1 aromatic heterocycles. The van der Waals surface area contributed by atoms with Gasteiger partial charge in [-0.25, -0.2) is 4.79 Å². The Morgan fingerprint density at radius 1 is 1.18 bits per heavy atom. The zero-order valence-electron chi connectivity index (χ0n) is 9.17. The molecule has 0 saturated carbocycles. The molecule has 0 aliphatic rings. The van der Waals surface area contributed by atoms with Crippen molar-refractivity contribution in [2.24, 2.45) is 0 Å². The Bertz CT molecular complexity index is 584. The standard InChI is InChI=1S/C13H10O4/c1-9(14)16-11-7-12(17-13(15)8-11)10-5-3-2-4-6-10/h2-8H,1H3. The van der Waals surface area contributed by atoms with Crippen molar-refractivity contribution < 1.29 is 13.9 Å². The Morgan fingerprint density at radius 3 is 2.53 bits per heavy atom. The van der Waals surface area contributed by atoms with Gasteiger partial charge in [0, 0.05) is 18.6 Å². The van der Waals surface area contributed by atoms with E-state index in [0.717, 1.165) is 11.6 Å². The van der Waals surface area contributed by atoms with E-state index in [1.807, 2.05) is 18.2 Å². The zero-order valence-corrected chi connectivity index (χ0v) is 9.17. The third kappa shape index (κ3) is 2.81. The van der Waals surface area contributed by atoms with Gasteiger partial charge in [-0.05, 0) is 0 Å². The first-order valence-electron chi connectivity index (χ1n) is 5.04. The van der Waals surface area contributed by atoms with Crippen LogP contribution in [0.3, 0.4) is 0 Å². The molecule has 4 nitrogen and oxygen atoms in total. The molecule has 0 amide bonds. The molecule has 0 atom stereocenters. The lowest BCUT2D eigenvalue weighted by molar-refractivity contribution is -0.131. The van der Waals surface area contributed by atoms with E-state index in [2.05, 4.69) is 0 Å². The fraction of sp³-hybridized carbons (Fsp3) is 0.0769. The van der Waals surface area contributed by atoms with E-state index in [9.17, 15) is 9.59 Å². The van der Waals surface area contributed by atoms with Gasteiger partial charge >= 0.3 is 11.6 Å². The number of hydrogen-bond acceptors (Lipinski definition) is 4. The van der Waals surface area contributed by atoms with Gasteiger partial charge in [0.2, 0.25) is 0 Å². The highest BCUT2D eigenvalue weighted by Crippen LogP contribution is 2.21. The normalized spacial score (nSPS) is 9.94. The molecule has 86 valence electrons. The predicted octanol–water partition coefficient (Wildman–Crippen LogP) is 2.23. The van der Waals surface area contributed by atoms with Crippen molar-refractivity contribution in [2.45, 2.75) is 6.92 Å². The molecule has 0 bridgehead atoms. The number of hydrogen-bond donors (Lipinski definition) is 0. The summed E-state index contributed by atoms with van der Waals surface area (Å²) >= 11 is 0. The second kappa shape index (κ2) is 4.65. The molecule has 17 heavy (non-hydrogen) atoms. The Hall–Kier alpha value is -2.36. The lowest BCUT2D eigenvalue weighted by atomic mass is 10.1. The topological polar surface area (TPSA) is 56.5 Å². The van der Waals surface area contributed by atoms with Crippen LogP contribution in [0.2, 0.25) is 0 Å². The molecular formula is C13H10O4. The van der Waals surface area contributed by atoms with Crippen LogP contribution in [0, 0.1) is 0 Å². The van der Waals surface area contributed by atoms with Gasteiger partial charge in [0.1, 0.15) is 11.5 Å². The van der Waals surface area contributed by atoms with Crippen LogP contribution in [-0.4, -0.2) is 5.97 Å². The van der Waals surface area contributed by atoms with Crippen molar-refractivity contribution in [1.82, 2.24) is 0 Å². The van der Waals surface area contributed by atoms with E-state index < -0.39 is 11.6 Å². The molecule has 0 saturated heterocycles. The molecule has 0 spiro atoms. The van der Waals surface area contributed by atoms with Crippen molar-refractivity contribution in [1.29, 1.82) is 0 Å². The molecule has 2 aromatic rings. The maximum Gasteiger partial charge on any atom is 0.339 e. The van der Waals surface area contributed by atoms with Gasteiger partial charge in [-0.3, -0.25) is 4.79 Å². The number of esters is 1. The van der Waals surface area contributed by atoms with Gasteiger partial charge in [0.15, 0.2) is 0 Å². The van der Waals surface area contributed by atoms with Crippen molar-refractivity contribution >= 4 is 5.97 Å². The highest BCUT2D eigenvalue weighted by Gasteiger charge is 2.06. The fourth-order valence-electron chi connectivity index (χ4n) is 1.42. The van der Waals surface area contributed by atoms with Gasteiger partial charge in [0.05, 0.1) is 6.07 Å². The molecule has 0 radical (unpaired) electrons. The maximum atomic E-state index is 11.3. The van der Waals surface area contributed by atoms with E-state index in [1.165, 1.54) is 13.0 Å². The monoisotopic (exact) mass is 230 g/mol. The number of ether oxygens (including phenoxy) is 1. The minimum Gasteiger partial charge on any atom is -0.426 e. The van der Waals surface area contributed by atoms with Crippen LogP contribution in [0.25, 0.3) is 11.3 Å². The van der Waals surface area contributed by atoms with Crippen molar-refractivity contribution in [2.75, 3.05) is 0 Å². The van der Waals surface area contributed by atoms with E-state index in [4.69, 9.17) is 9.15 Å². The maximum absolute atomic E-state index is 11.3. The number of carbonyl (C=O) groups is 1. The summed E-state index contributed by atoms with van der Waals surface area (Å²) in [5, 5.41) is 0. The van der Waals surface area contributed by atoms with Crippen LogP contribution in [-0.2, 0) is 4.79 Å². The Labute approximate surface area is 97.5 Å². The smallest absolute Gasteiger partial charge is 0.339 e. The van der Waals surface area contributed by atoms with Crippen LogP contribution >= 0.6 is 0 Å². The summed E-state index contributed by atoms with van der Waals surface area (Å²) in [5.41, 5.74) is 0.196. The van der Waals surface area contributed by atoms with E-state index in [0.29, 0.717) is 5.76 Å². The van der Waals surface area contributed by atoms with Crippen molar-refractivity contribution in [3.8, 4) is 17.1 Å². The third-order valence-electron chi connectivity index (χ3n) is 2.06. The second-order valence-electron chi connectivity index (χ2n) is 3.44. The molecule has 0 N–H and O–H groups in total. The average Bonchev–Trinajstić information content (AvgIpc) is 2.28. The van der Waals surface area contributed by atoms with Gasteiger partial charge in [-0.2, -0.15) is 0 Å². The molecule has 1 heterocycles. The minimum absolute atomic E-state index is 0.188. The summed E-state index contributed by atoms with van der Waals surface area (Å²) in [6.45, 7) is 1.27. The SMILES string of the molecule is CC(=O)Oc1cc(-c2ccccc2)oc(=O)c1. The first-order valence-corrected chi connectivity index (χ1v) is 5.04. The average molecular weight is 230 g/mol. The molecule has 0 fully saturated rings. The van der Waals surface area contributed by atoms with Crippen LogP contribution in [0.15, 0.2) is 51.7 Å². The summed E-state index contributed by atoms with van der Waals surface area (Å²) < 4.78 is 9.90. The highest BCUT2D eigenvalue weighted by atomic mass is 16.5. The first kappa shape index (κ1) is 11.1. The fourth-order valence-corrected chi connectivity index (χ4v) is 1.42. The molecular weight excluding hydrogens is 220 g/mol. The second-order valence-corrected chi connectivity index (χ2v) is 3.44. The summed E-state index contributed by atoms with van der Waals surface area (Å²) in [4.78, 5) is 22.1. The highest BCUT2D eigenvalue weighted by molar-refractivity contribution is 5.70. The minimum atomic E-state index is -0.553. The van der Waals surface area contributed by atoms with E-state index >= 15 is 0 Å². The van der Waals surface area contributed by atoms with Crippen LogP contribution in [0.5, 0.6) is 5.75 Å². The summed E-state index contributed by atoms with van der Waals surface area (Å²) in [6, 6.07) is 11.8. The Morgan fingerprint density at radius 2 is 1.88 bits per heavy atom. The van der Waals surface area contributed by atoms with Gasteiger partial charge in [-0.1, -0.05) is 30.3 Å². The third-order valence-corrected chi connectivity index (χ3v) is 2.06. The lowest BCUT2D eigenvalue weighted by Gasteiger charge is -2.03. The van der Waals surface area contributed by atoms with E-state index in [-0.39, 0.29) is 5.75 Å². The quantitative estimate of drug-likeness (QED) is 0.742. The van der Waals surface area contributed by atoms with Gasteiger partial charge < -0.3 is 9.15 Å². The number of rotatable bonds is 2. The van der Waals surface area contributed by atoms with Crippen LogP contribution in [0.4, 0.5) is 0 Å². The molecule has 4 heteroatoms. The molecule has 2 rings (SSSR count). The van der Waals surface area contributed by atoms with Crippen LogP contribution in [0.1, 0.15) is 6.92 Å². The Kier molecular flexibility index (Phi) is 3.05. The van der Waals surface area contributed by atoms with Gasteiger partial charge in [-0.15, -0.1) is 0 Å². The Balaban J connectivity index is 2.45.